The van der Waals surface area contributed by atoms with Crippen LogP contribution in [0.1, 0.15) is 51.7 Å². The SMILES string of the molecule is CC(C)c1c(C(=O)NCc2cccc(C(N)=O)c2)cnn1-c1ccccn1. The molecule has 0 spiro atoms. The second kappa shape index (κ2) is 7.82. The van der Waals surface area contributed by atoms with E-state index >= 15 is 0 Å². The summed E-state index contributed by atoms with van der Waals surface area (Å²) in [6, 6.07) is 12.4. The minimum absolute atomic E-state index is 0.0773. The molecule has 138 valence electrons. The highest BCUT2D eigenvalue weighted by Crippen LogP contribution is 2.22. The Bertz CT molecular complexity index is 964. The van der Waals surface area contributed by atoms with Gasteiger partial charge in [-0.3, -0.25) is 9.59 Å². The van der Waals surface area contributed by atoms with Crippen LogP contribution in [0, 0.1) is 0 Å². The molecule has 2 amide bonds. The van der Waals surface area contributed by atoms with Gasteiger partial charge >= 0.3 is 0 Å². The van der Waals surface area contributed by atoms with E-state index in [2.05, 4.69) is 15.4 Å². The molecule has 0 saturated heterocycles. The highest BCUT2D eigenvalue weighted by Gasteiger charge is 2.21. The van der Waals surface area contributed by atoms with Crippen LogP contribution in [-0.2, 0) is 6.54 Å². The number of benzene rings is 1. The molecule has 27 heavy (non-hydrogen) atoms. The molecular weight excluding hydrogens is 342 g/mol. The van der Waals surface area contributed by atoms with Gasteiger partial charge in [-0.05, 0) is 35.7 Å². The minimum Gasteiger partial charge on any atom is -0.366 e. The zero-order chi connectivity index (χ0) is 19.4. The molecule has 2 heterocycles. The summed E-state index contributed by atoms with van der Waals surface area (Å²) in [5, 5.41) is 7.23. The molecule has 0 radical (unpaired) electrons. The smallest absolute Gasteiger partial charge is 0.255 e. The van der Waals surface area contributed by atoms with Crippen molar-refractivity contribution in [1.82, 2.24) is 20.1 Å². The number of carbonyl (C=O) groups is 2. The summed E-state index contributed by atoms with van der Waals surface area (Å²) in [5.41, 5.74) is 7.79. The van der Waals surface area contributed by atoms with Crippen molar-refractivity contribution in [1.29, 1.82) is 0 Å². The van der Waals surface area contributed by atoms with Gasteiger partial charge in [-0.15, -0.1) is 0 Å². The van der Waals surface area contributed by atoms with Crippen LogP contribution in [0.15, 0.2) is 54.9 Å². The van der Waals surface area contributed by atoms with Gasteiger partial charge in [-0.25, -0.2) is 9.67 Å². The van der Waals surface area contributed by atoms with E-state index in [0.29, 0.717) is 16.9 Å². The fourth-order valence-electron chi connectivity index (χ4n) is 2.86. The molecule has 0 fully saturated rings. The van der Waals surface area contributed by atoms with Crippen molar-refractivity contribution in [3.63, 3.8) is 0 Å². The first kappa shape index (κ1) is 18.3. The van der Waals surface area contributed by atoms with Crippen LogP contribution in [0.5, 0.6) is 0 Å². The van der Waals surface area contributed by atoms with Crippen molar-refractivity contribution in [2.75, 3.05) is 0 Å². The lowest BCUT2D eigenvalue weighted by Crippen LogP contribution is -2.24. The fourth-order valence-corrected chi connectivity index (χ4v) is 2.86. The summed E-state index contributed by atoms with van der Waals surface area (Å²) in [7, 11) is 0. The number of hydrogen-bond donors (Lipinski definition) is 2. The Balaban J connectivity index is 1.82. The maximum atomic E-state index is 12.7. The molecule has 3 aromatic rings. The summed E-state index contributed by atoms with van der Waals surface area (Å²) in [6.45, 7) is 4.29. The van der Waals surface area contributed by atoms with Crippen LogP contribution in [0.2, 0.25) is 0 Å². The maximum absolute atomic E-state index is 12.7. The molecule has 2 aromatic heterocycles. The van der Waals surface area contributed by atoms with Gasteiger partial charge in [0.05, 0.1) is 17.5 Å². The predicted octanol–water partition coefficient (Wildman–Crippen LogP) is 2.42. The zero-order valence-electron chi connectivity index (χ0n) is 15.2. The molecule has 0 aliphatic rings. The Morgan fingerprint density at radius 1 is 1.19 bits per heavy atom. The van der Waals surface area contributed by atoms with E-state index in [1.165, 1.54) is 0 Å². The molecule has 0 aliphatic heterocycles. The van der Waals surface area contributed by atoms with E-state index in [9.17, 15) is 9.59 Å². The first-order valence-electron chi connectivity index (χ1n) is 8.63. The molecule has 7 nitrogen and oxygen atoms in total. The summed E-state index contributed by atoms with van der Waals surface area (Å²) in [4.78, 5) is 28.3. The van der Waals surface area contributed by atoms with Crippen LogP contribution >= 0.6 is 0 Å². The number of nitrogens with two attached hydrogens (primary N) is 1. The molecule has 7 heteroatoms. The minimum atomic E-state index is -0.498. The summed E-state index contributed by atoms with van der Waals surface area (Å²) >= 11 is 0. The molecular formula is C20H21N5O2. The number of carbonyl (C=O) groups excluding carboxylic acids is 2. The van der Waals surface area contributed by atoms with Crippen molar-refractivity contribution in [2.45, 2.75) is 26.3 Å². The zero-order valence-corrected chi connectivity index (χ0v) is 15.2. The Morgan fingerprint density at radius 2 is 2.00 bits per heavy atom. The van der Waals surface area contributed by atoms with Gasteiger partial charge < -0.3 is 11.1 Å². The Hall–Kier alpha value is -3.48. The predicted molar refractivity (Wildman–Crippen MR) is 102 cm³/mol. The third-order valence-electron chi connectivity index (χ3n) is 4.13. The van der Waals surface area contributed by atoms with Gasteiger partial charge in [0.2, 0.25) is 5.91 Å². The average molecular weight is 363 g/mol. The monoisotopic (exact) mass is 363 g/mol. The number of aromatic nitrogens is 3. The van der Waals surface area contributed by atoms with Crippen molar-refractivity contribution < 1.29 is 9.59 Å². The summed E-state index contributed by atoms with van der Waals surface area (Å²) in [6.07, 6.45) is 3.24. The Morgan fingerprint density at radius 3 is 2.67 bits per heavy atom. The van der Waals surface area contributed by atoms with E-state index in [-0.39, 0.29) is 18.4 Å². The molecule has 0 saturated carbocycles. The number of rotatable bonds is 6. The normalized spacial score (nSPS) is 10.8. The quantitative estimate of drug-likeness (QED) is 0.702. The standard InChI is InChI=1S/C20H21N5O2/c1-13(2)18-16(12-24-25(18)17-8-3-4-9-22-17)20(27)23-11-14-6-5-7-15(10-14)19(21)26/h3-10,12-13H,11H2,1-2H3,(H2,21,26)(H,23,27). The van der Waals surface area contributed by atoms with Crippen LogP contribution < -0.4 is 11.1 Å². The van der Waals surface area contributed by atoms with Crippen LogP contribution in [0.4, 0.5) is 0 Å². The highest BCUT2D eigenvalue weighted by atomic mass is 16.2. The number of primary amides is 1. The number of hydrogen-bond acceptors (Lipinski definition) is 4. The molecule has 0 aliphatic carbocycles. The second-order valence-corrected chi connectivity index (χ2v) is 6.45. The lowest BCUT2D eigenvalue weighted by atomic mass is 10.0. The molecule has 3 N–H and O–H groups in total. The summed E-state index contributed by atoms with van der Waals surface area (Å²) < 4.78 is 1.69. The maximum Gasteiger partial charge on any atom is 0.255 e. The van der Waals surface area contributed by atoms with E-state index in [1.54, 1.807) is 35.3 Å². The van der Waals surface area contributed by atoms with Gasteiger partial charge in [0.25, 0.3) is 5.91 Å². The van der Waals surface area contributed by atoms with Gasteiger partial charge in [0.15, 0.2) is 5.82 Å². The highest BCUT2D eigenvalue weighted by molar-refractivity contribution is 5.95. The second-order valence-electron chi connectivity index (χ2n) is 6.45. The van der Waals surface area contributed by atoms with Crippen molar-refractivity contribution >= 4 is 11.8 Å². The molecule has 0 bridgehead atoms. The van der Waals surface area contributed by atoms with Crippen LogP contribution in [0.25, 0.3) is 5.82 Å². The van der Waals surface area contributed by atoms with Gasteiger partial charge in [-0.2, -0.15) is 5.10 Å². The van der Waals surface area contributed by atoms with E-state index in [0.717, 1.165) is 11.3 Å². The molecule has 3 rings (SSSR count). The molecule has 0 atom stereocenters. The van der Waals surface area contributed by atoms with Crippen LogP contribution in [0.3, 0.4) is 0 Å². The number of nitrogens with one attached hydrogen (secondary N) is 1. The van der Waals surface area contributed by atoms with Gasteiger partial charge in [0.1, 0.15) is 0 Å². The number of amides is 2. The van der Waals surface area contributed by atoms with Crippen molar-refractivity contribution in [2.24, 2.45) is 5.73 Å². The number of nitrogens with zero attached hydrogens (tertiary/aromatic N) is 3. The third kappa shape index (κ3) is 4.03. The lowest BCUT2D eigenvalue weighted by Gasteiger charge is -2.12. The van der Waals surface area contributed by atoms with Crippen molar-refractivity contribution in [3.05, 3.63) is 77.2 Å². The van der Waals surface area contributed by atoms with E-state index < -0.39 is 5.91 Å². The largest absolute Gasteiger partial charge is 0.366 e. The first-order valence-corrected chi connectivity index (χ1v) is 8.63. The molecule has 0 unspecified atom stereocenters. The summed E-state index contributed by atoms with van der Waals surface area (Å²) in [5.74, 6) is 0.00937. The average Bonchev–Trinajstić information content (AvgIpc) is 3.12. The van der Waals surface area contributed by atoms with Gasteiger partial charge in [-0.1, -0.05) is 32.0 Å². The number of pyridine rings is 1. The Labute approximate surface area is 157 Å². The first-order chi connectivity index (χ1) is 13.0. The van der Waals surface area contributed by atoms with Crippen molar-refractivity contribution in [3.8, 4) is 5.82 Å². The van der Waals surface area contributed by atoms with Crippen LogP contribution in [-0.4, -0.2) is 26.6 Å². The van der Waals surface area contributed by atoms with Gasteiger partial charge in [0, 0.05) is 18.3 Å². The third-order valence-corrected chi connectivity index (χ3v) is 4.13. The fraction of sp³-hybridized carbons (Fsp3) is 0.200. The molecule has 1 aromatic carbocycles. The Kier molecular flexibility index (Phi) is 5.30. The van der Waals surface area contributed by atoms with E-state index in [4.69, 9.17) is 5.73 Å². The topological polar surface area (TPSA) is 103 Å². The lowest BCUT2D eigenvalue weighted by molar-refractivity contribution is 0.0949. The van der Waals surface area contributed by atoms with E-state index in [1.807, 2.05) is 38.1 Å².